The van der Waals surface area contributed by atoms with E-state index in [1.54, 1.807) is 0 Å². The molecule has 0 radical (unpaired) electrons. The van der Waals surface area contributed by atoms with Gasteiger partial charge >= 0.3 is 0 Å². The van der Waals surface area contributed by atoms with Crippen LogP contribution in [0, 0.1) is 6.92 Å². The minimum atomic E-state index is 0.658. The lowest BCUT2D eigenvalue weighted by Crippen LogP contribution is -1.98. The van der Waals surface area contributed by atoms with Crippen molar-refractivity contribution in [1.82, 2.24) is 0 Å². The molecule has 0 atom stereocenters. The maximum absolute atomic E-state index is 5.49. The first kappa shape index (κ1) is 13.2. The quantitative estimate of drug-likeness (QED) is 0.706. The van der Waals surface area contributed by atoms with Crippen molar-refractivity contribution in [2.45, 2.75) is 13.5 Å². The van der Waals surface area contributed by atoms with Gasteiger partial charge in [-0.2, -0.15) is 0 Å². The molecule has 0 amide bonds. The van der Waals surface area contributed by atoms with Gasteiger partial charge in [-0.3, -0.25) is 0 Å². The largest absolute Gasteiger partial charge is 0.451 e. The van der Waals surface area contributed by atoms with Crippen molar-refractivity contribution in [2.75, 3.05) is 5.32 Å². The van der Waals surface area contributed by atoms with Crippen molar-refractivity contribution >= 4 is 53.5 Å². The van der Waals surface area contributed by atoms with Crippen LogP contribution in [0.15, 0.2) is 42.3 Å². The summed E-state index contributed by atoms with van der Waals surface area (Å²) in [5, 5.41) is 3.31. The summed E-state index contributed by atoms with van der Waals surface area (Å²) < 4.78 is 8.26. The molecule has 1 N–H and O–H groups in total. The van der Waals surface area contributed by atoms with Gasteiger partial charge in [-0.05, 0) is 68.6 Å². The molecule has 0 fully saturated rings. The average molecular weight is 424 g/mol. The van der Waals surface area contributed by atoms with Gasteiger partial charge in [0, 0.05) is 10.2 Å². The molecule has 1 aromatic heterocycles. The Labute approximate surface area is 125 Å². The Morgan fingerprint density at radius 2 is 1.88 bits per heavy atom. The van der Waals surface area contributed by atoms with Crippen LogP contribution in [0.4, 0.5) is 5.69 Å². The number of halogens is 3. The van der Waals surface area contributed by atoms with Crippen LogP contribution in [0.25, 0.3) is 0 Å². The molecule has 1 aromatic carbocycles. The van der Waals surface area contributed by atoms with E-state index >= 15 is 0 Å². The Balaban J connectivity index is 2.04. The summed E-state index contributed by atoms with van der Waals surface area (Å²) in [5.41, 5.74) is 2.28. The first-order chi connectivity index (χ1) is 8.06. The number of benzene rings is 1. The molecule has 5 heteroatoms. The first-order valence-electron chi connectivity index (χ1n) is 5.00. The number of furan rings is 1. The van der Waals surface area contributed by atoms with Crippen LogP contribution in [0.3, 0.4) is 0 Å². The Morgan fingerprint density at radius 3 is 2.47 bits per heavy atom. The normalized spacial score (nSPS) is 10.6. The van der Waals surface area contributed by atoms with Crippen molar-refractivity contribution in [2.24, 2.45) is 0 Å². The third kappa shape index (κ3) is 3.36. The van der Waals surface area contributed by atoms with Gasteiger partial charge in [-0.25, -0.2) is 0 Å². The van der Waals surface area contributed by atoms with E-state index in [4.69, 9.17) is 4.42 Å². The minimum Gasteiger partial charge on any atom is -0.451 e. The van der Waals surface area contributed by atoms with Gasteiger partial charge < -0.3 is 9.73 Å². The second kappa shape index (κ2) is 5.59. The number of hydrogen-bond acceptors (Lipinski definition) is 2. The summed E-state index contributed by atoms with van der Waals surface area (Å²) in [7, 11) is 0. The lowest BCUT2D eigenvalue weighted by Gasteiger charge is -2.06. The van der Waals surface area contributed by atoms with Crippen LogP contribution >= 0.6 is 47.8 Å². The van der Waals surface area contributed by atoms with Crippen LogP contribution < -0.4 is 5.32 Å². The van der Waals surface area contributed by atoms with Gasteiger partial charge in [0.1, 0.15) is 5.76 Å². The van der Waals surface area contributed by atoms with Crippen LogP contribution in [0.1, 0.15) is 11.3 Å². The van der Waals surface area contributed by atoms with Gasteiger partial charge in [0.05, 0.1) is 11.0 Å². The number of rotatable bonds is 3. The lowest BCUT2D eigenvalue weighted by atomic mass is 10.2. The standard InChI is InChI=1S/C12H10Br3NO/c1-7-4-8(2-3-10(7)13)16-6-9-5-11(14)12(15)17-9/h2-5,16H,6H2,1H3. The highest BCUT2D eigenvalue weighted by molar-refractivity contribution is 9.13. The number of anilines is 1. The molecule has 17 heavy (non-hydrogen) atoms. The van der Waals surface area contributed by atoms with Gasteiger partial charge in [0.25, 0.3) is 0 Å². The third-order valence-corrected chi connectivity index (χ3v) is 4.92. The Hall–Kier alpha value is -0.260. The fourth-order valence-corrected chi connectivity index (χ4v) is 2.33. The van der Waals surface area contributed by atoms with E-state index in [9.17, 15) is 0 Å². The second-order valence-corrected chi connectivity index (χ2v) is 6.08. The molecule has 2 rings (SSSR count). The Bertz CT molecular complexity index is 517. The van der Waals surface area contributed by atoms with Crippen molar-refractivity contribution in [1.29, 1.82) is 0 Å². The Kier molecular flexibility index (Phi) is 4.33. The van der Waals surface area contributed by atoms with E-state index in [2.05, 4.69) is 66.1 Å². The molecule has 0 saturated carbocycles. The predicted molar refractivity (Wildman–Crippen MR) is 80.3 cm³/mol. The molecule has 0 unspecified atom stereocenters. The zero-order valence-corrected chi connectivity index (χ0v) is 13.8. The van der Waals surface area contributed by atoms with Crippen molar-refractivity contribution in [3.63, 3.8) is 0 Å². The lowest BCUT2D eigenvalue weighted by molar-refractivity contribution is 0.494. The van der Waals surface area contributed by atoms with Crippen molar-refractivity contribution in [3.05, 3.63) is 49.2 Å². The Morgan fingerprint density at radius 1 is 1.12 bits per heavy atom. The molecule has 0 saturated heterocycles. The molecule has 1 heterocycles. The molecule has 0 aliphatic carbocycles. The maximum Gasteiger partial charge on any atom is 0.183 e. The zero-order chi connectivity index (χ0) is 12.4. The summed E-state index contributed by atoms with van der Waals surface area (Å²) in [6, 6.07) is 8.11. The molecular weight excluding hydrogens is 414 g/mol. The number of nitrogens with one attached hydrogen (secondary N) is 1. The molecule has 0 spiro atoms. The van der Waals surface area contributed by atoms with Gasteiger partial charge in [-0.15, -0.1) is 0 Å². The molecule has 90 valence electrons. The van der Waals surface area contributed by atoms with Crippen LogP contribution in [0.2, 0.25) is 0 Å². The van der Waals surface area contributed by atoms with E-state index in [1.807, 2.05) is 18.2 Å². The zero-order valence-electron chi connectivity index (χ0n) is 9.06. The van der Waals surface area contributed by atoms with Crippen LogP contribution in [0.5, 0.6) is 0 Å². The number of aryl methyl sites for hydroxylation is 1. The fourth-order valence-electron chi connectivity index (χ4n) is 1.42. The molecule has 0 bridgehead atoms. The van der Waals surface area contributed by atoms with Crippen LogP contribution in [-0.2, 0) is 6.54 Å². The summed E-state index contributed by atoms with van der Waals surface area (Å²) >= 11 is 10.2. The summed E-state index contributed by atoms with van der Waals surface area (Å²) in [4.78, 5) is 0. The smallest absolute Gasteiger partial charge is 0.183 e. The maximum atomic E-state index is 5.49. The molecule has 2 aromatic rings. The minimum absolute atomic E-state index is 0.658. The summed E-state index contributed by atoms with van der Waals surface area (Å²) in [6.45, 7) is 2.72. The fraction of sp³-hybridized carbons (Fsp3) is 0.167. The molecule has 2 nitrogen and oxygen atoms in total. The van der Waals surface area contributed by atoms with E-state index in [0.29, 0.717) is 6.54 Å². The highest BCUT2D eigenvalue weighted by Crippen LogP contribution is 2.27. The number of hydrogen-bond donors (Lipinski definition) is 1. The second-order valence-electron chi connectivity index (χ2n) is 3.65. The van der Waals surface area contributed by atoms with E-state index in [-0.39, 0.29) is 0 Å². The predicted octanol–water partition coefficient (Wildman–Crippen LogP) is 5.49. The highest BCUT2D eigenvalue weighted by atomic mass is 79.9. The molecule has 0 aliphatic rings. The topological polar surface area (TPSA) is 25.2 Å². The molecule has 0 aliphatic heterocycles. The van der Waals surface area contributed by atoms with E-state index < -0.39 is 0 Å². The third-order valence-electron chi connectivity index (χ3n) is 2.32. The van der Waals surface area contributed by atoms with Crippen LogP contribution in [-0.4, -0.2) is 0 Å². The van der Waals surface area contributed by atoms with E-state index in [1.165, 1.54) is 5.56 Å². The SMILES string of the molecule is Cc1cc(NCc2cc(Br)c(Br)o2)ccc1Br. The highest BCUT2D eigenvalue weighted by Gasteiger charge is 2.05. The first-order valence-corrected chi connectivity index (χ1v) is 7.38. The molecular formula is C12H10Br3NO. The van der Waals surface area contributed by atoms with Crippen molar-refractivity contribution < 1.29 is 4.42 Å². The van der Waals surface area contributed by atoms with Gasteiger partial charge in [0.15, 0.2) is 4.67 Å². The van der Waals surface area contributed by atoms with Gasteiger partial charge in [0.2, 0.25) is 0 Å². The summed E-state index contributed by atoms with van der Waals surface area (Å²) in [6.07, 6.45) is 0. The monoisotopic (exact) mass is 421 g/mol. The van der Waals surface area contributed by atoms with Crippen molar-refractivity contribution in [3.8, 4) is 0 Å². The van der Waals surface area contributed by atoms with E-state index in [0.717, 1.165) is 25.1 Å². The summed E-state index contributed by atoms with van der Waals surface area (Å²) in [5.74, 6) is 0.879. The average Bonchev–Trinajstić information content (AvgIpc) is 2.60. The van der Waals surface area contributed by atoms with Gasteiger partial charge in [-0.1, -0.05) is 15.9 Å².